The summed E-state index contributed by atoms with van der Waals surface area (Å²) < 4.78 is 11.7. The first-order valence-electron chi connectivity index (χ1n) is 8.79. The van der Waals surface area contributed by atoms with Gasteiger partial charge in [-0.1, -0.05) is 60.7 Å². The highest BCUT2D eigenvalue weighted by Gasteiger charge is 2.36. The topological polar surface area (TPSA) is 35.5 Å². The minimum atomic E-state index is -0.737. The molecule has 0 bridgehead atoms. The second kappa shape index (κ2) is 6.34. The Morgan fingerprint density at radius 2 is 1.73 bits per heavy atom. The van der Waals surface area contributed by atoms with Crippen LogP contribution in [0, 0.1) is 0 Å². The molecule has 0 radical (unpaired) electrons. The molecule has 0 aliphatic carbocycles. The fraction of sp³-hybridized carbons (Fsp3) is 0.174. The van der Waals surface area contributed by atoms with Crippen LogP contribution in [-0.2, 0) is 15.1 Å². The molecule has 1 aliphatic rings. The largest absolute Gasteiger partial charge is 0.478 e. The van der Waals surface area contributed by atoms with Crippen molar-refractivity contribution in [1.29, 1.82) is 0 Å². The van der Waals surface area contributed by atoms with Crippen molar-refractivity contribution in [2.24, 2.45) is 0 Å². The first kappa shape index (κ1) is 16.4. The summed E-state index contributed by atoms with van der Waals surface area (Å²) in [4.78, 5) is 12.8. The number of hydrogen-bond acceptors (Lipinski definition) is 3. The van der Waals surface area contributed by atoms with Gasteiger partial charge in [-0.25, -0.2) is 4.79 Å². The van der Waals surface area contributed by atoms with Gasteiger partial charge in [0.25, 0.3) is 0 Å². The smallest absolute Gasteiger partial charge is 0.338 e. The molecule has 0 saturated heterocycles. The fourth-order valence-electron chi connectivity index (χ4n) is 3.50. The van der Waals surface area contributed by atoms with Crippen molar-refractivity contribution in [1.82, 2.24) is 0 Å². The van der Waals surface area contributed by atoms with Crippen LogP contribution in [0.4, 0.5) is 0 Å². The predicted octanol–water partition coefficient (Wildman–Crippen LogP) is 5.09. The van der Waals surface area contributed by atoms with Gasteiger partial charge in [-0.2, -0.15) is 0 Å². The summed E-state index contributed by atoms with van der Waals surface area (Å²) >= 11 is 0. The molecule has 130 valence electrons. The third-order valence-corrected chi connectivity index (χ3v) is 4.74. The number of hydrogen-bond donors (Lipinski definition) is 0. The van der Waals surface area contributed by atoms with Gasteiger partial charge >= 0.3 is 5.97 Å². The van der Waals surface area contributed by atoms with E-state index in [0.29, 0.717) is 17.9 Å². The van der Waals surface area contributed by atoms with Crippen LogP contribution in [0.15, 0.2) is 72.8 Å². The zero-order valence-electron chi connectivity index (χ0n) is 14.9. The molecule has 0 aromatic heterocycles. The molecule has 0 fully saturated rings. The van der Waals surface area contributed by atoms with Crippen molar-refractivity contribution < 1.29 is 14.3 Å². The van der Waals surface area contributed by atoms with Crippen molar-refractivity contribution in [3.63, 3.8) is 0 Å². The van der Waals surface area contributed by atoms with Gasteiger partial charge in [-0.15, -0.1) is 0 Å². The Balaban J connectivity index is 1.96. The number of rotatable bonds is 3. The van der Waals surface area contributed by atoms with Crippen LogP contribution >= 0.6 is 0 Å². The lowest BCUT2D eigenvalue weighted by Gasteiger charge is -2.34. The van der Waals surface area contributed by atoms with Gasteiger partial charge in [-0.05, 0) is 42.3 Å². The summed E-state index contributed by atoms with van der Waals surface area (Å²) in [5.41, 5.74) is 1.60. The van der Waals surface area contributed by atoms with E-state index in [0.717, 1.165) is 21.9 Å². The van der Waals surface area contributed by atoms with Crippen LogP contribution in [0.25, 0.3) is 16.3 Å². The second-order valence-electron chi connectivity index (χ2n) is 6.51. The van der Waals surface area contributed by atoms with Crippen molar-refractivity contribution >= 4 is 22.3 Å². The Bertz CT molecular complexity index is 1000. The second-order valence-corrected chi connectivity index (χ2v) is 6.51. The summed E-state index contributed by atoms with van der Waals surface area (Å²) in [5.74, 6) is 0.371. The normalized spacial score (nSPS) is 18.6. The molecule has 0 spiro atoms. The molecule has 0 amide bonds. The summed E-state index contributed by atoms with van der Waals surface area (Å²) in [6, 6.07) is 21.9. The zero-order chi connectivity index (χ0) is 18.1. The quantitative estimate of drug-likeness (QED) is 0.621. The third kappa shape index (κ3) is 2.66. The van der Waals surface area contributed by atoms with Crippen molar-refractivity contribution in [3.05, 3.63) is 83.9 Å². The number of benzene rings is 3. The molecule has 1 atom stereocenters. The Labute approximate surface area is 152 Å². The van der Waals surface area contributed by atoms with Crippen LogP contribution < -0.4 is 4.74 Å². The maximum Gasteiger partial charge on any atom is 0.338 e. The fourth-order valence-corrected chi connectivity index (χ4v) is 3.50. The molecular weight excluding hydrogens is 324 g/mol. The van der Waals surface area contributed by atoms with Gasteiger partial charge in [0.1, 0.15) is 5.75 Å². The molecule has 1 aliphatic heterocycles. The van der Waals surface area contributed by atoms with Gasteiger partial charge in [0.2, 0.25) is 0 Å². The first-order chi connectivity index (χ1) is 12.6. The Kier molecular flexibility index (Phi) is 4.00. The number of carbonyl (C=O) groups excluding carboxylic acids is 1. The highest BCUT2D eigenvalue weighted by Crippen LogP contribution is 2.44. The lowest BCUT2D eigenvalue weighted by Crippen LogP contribution is -2.31. The van der Waals surface area contributed by atoms with Gasteiger partial charge < -0.3 is 9.47 Å². The number of carbonyl (C=O) groups is 1. The molecule has 1 unspecified atom stereocenters. The Morgan fingerprint density at radius 3 is 2.50 bits per heavy atom. The maximum absolute atomic E-state index is 12.8. The van der Waals surface area contributed by atoms with Crippen LogP contribution in [0.1, 0.15) is 25.0 Å². The summed E-state index contributed by atoms with van der Waals surface area (Å²) in [7, 11) is 0. The van der Waals surface area contributed by atoms with Gasteiger partial charge in [0, 0.05) is 5.56 Å². The average Bonchev–Trinajstić information content (AvgIpc) is 2.68. The molecule has 0 N–H and O–H groups in total. The number of fused-ring (bicyclic) bond motifs is 3. The minimum absolute atomic E-state index is 0.324. The molecule has 3 aromatic rings. The molecule has 4 rings (SSSR count). The van der Waals surface area contributed by atoms with Crippen molar-refractivity contribution in [3.8, 4) is 5.75 Å². The van der Waals surface area contributed by atoms with Crippen molar-refractivity contribution in [2.75, 3.05) is 6.61 Å². The van der Waals surface area contributed by atoms with E-state index in [4.69, 9.17) is 9.47 Å². The summed E-state index contributed by atoms with van der Waals surface area (Å²) in [6.07, 6.45) is 1.88. The van der Waals surface area contributed by atoms with Crippen LogP contribution in [0.2, 0.25) is 0 Å². The molecule has 3 heteroatoms. The first-order valence-corrected chi connectivity index (χ1v) is 8.79. The number of esters is 1. The number of ether oxygens (including phenoxy) is 2. The van der Waals surface area contributed by atoms with Crippen molar-refractivity contribution in [2.45, 2.75) is 19.4 Å². The van der Waals surface area contributed by atoms with Crippen LogP contribution in [0.5, 0.6) is 5.75 Å². The van der Waals surface area contributed by atoms with E-state index in [1.807, 2.05) is 86.7 Å². The average molecular weight is 344 g/mol. The lowest BCUT2D eigenvalue weighted by atomic mass is 9.86. The van der Waals surface area contributed by atoms with Gasteiger partial charge in [0.15, 0.2) is 5.60 Å². The van der Waals surface area contributed by atoms with E-state index in [2.05, 4.69) is 0 Å². The molecule has 3 aromatic carbocycles. The molecular formula is C23H20O3. The van der Waals surface area contributed by atoms with E-state index in [-0.39, 0.29) is 5.97 Å². The van der Waals surface area contributed by atoms with E-state index < -0.39 is 5.60 Å². The highest BCUT2D eigenvalue weighted by molar-refractivity contribution is 6.22. The summed E-state index contributed by atoms with van der Waals surface area (Å²) in [5, 5.41) is 2.05. The molecule has 0 saturated carbocycles. The highest BCUT2D eigenvalue weighted by atomic mass is 16.5. The lowest BCUT2D eigenvalue weighted by molar-refractivity contribution is -0.136. The van der Waals surface area contributed by atoms with E-state index in [1.165, 1.54) is 0 Å². The van der Waals surface area contributed by atoms with Gasteiger partial charge in [0.05, 0.1) is 12.2 Å². The monoisotopic (exact) mass is 344 g/mol. The zero-order valence-corrected chi connectivity index (χ0v) is 14.9. The van der Waals surface area contributed by atoms with Crippen LogP contribution in [0.3, 0.4) is 0 Å². The van der Waals surface area contributed by atoms with E-state index >= 15 is 0 Å². The molecule has 1 heterocycles. The van der Waals surface area contributed by atoms with E-state index in [1.54, 1.807) is 0 Å². The summed E-state index contributed by atoms with van der Waals surface area (Å²) in [6.45, 7) is 4.12. The molecule has 3 nitrogen and oxygen atoms in total. The third-order valence-electron chi connectivity index (χ3n) is 4.74. The van der Waals surface area contributed by atoms with Gasteiger partial charge in [-0.3, -0.25) is 0 Å². The standard InChI is InChI=1S/C23H20O3/c1-3-25-22(24)19-15-23(2,17-10-5-4-6-11-17)26-20-14-13-16-9-7-8-12-18(16)21(19)20/h4-15H,3H2,1-2H3. The maximum atomic E-state index is 12.8. The SMILES string of the molecule is CCOC(=O)C1=CC(C)(c2ccccc2)Oc2ccc3ccccc3c21. The predicted molar refractivity (Wildman–Crippen MR) is 103 cm³/mol. The molecule has 26 heavy (non-hydrogen) atoms. The Hall–Kier alpha value is -3.07. The minimum Gasteiger partial charge on any atom is -0.478 e. The van der Waals surface area contributed by atoms with Crippen LogP contribution in [-0.4, -0.2) is 12.6 Å². The van der Waals surface area contributed by atoms with E-state index in [9.17, 15) is 4.79 Å². The Morgan fingerprint density at radius 1 is 1.00 bits per heavy atom.